The van der Waals surface area contributed by atoms with Gasteiger partial charge in [-0.3, -0.25) is 0 Å². The summed E-state index contributed by atoms with van der Waals surface area (Å²) in [6.07, 6.45) is 10.0. The Bertz CT molecular complexity index is 1270. The molecule has 0 amide bonds. The molecule has 0 radical (unpaired) electrons. The molecular formula is C25H24ClN5O. The van der Waals surface area contributed by atoms with Crippen LogP contribution in [-0.2, 0) is 6.54 Å². The van der Waals surface area contributed by atoms with Gasteiger partial charge in [0, 0.05) is 23.7 Å². The highest BCUT2D eigenvalue weighted by molar-refractivity contribution is 6.30. The van der Waals surface area contributed by atoms with Crippen LogP contribution in [0.3, 0.4) is 0 Å². The number of methoxy groups -OCH3 is 1. The van der Waals surface area contributed by atoms with Gasteiger partial charge in [-0.25, -0.2) is 4.98 Å². The van der Waals surface area contributed by atoms with Gasteiger partial charge in [-0.15, -0.1) is 10.2 Å². The van der Waals surface area contributed by atoms with Crippen LogP contribution in [0, 0.1) is 6.92 Å². The molecule has 32 heavy (non-hydrogen) atoms. The zero-order chi connectivity index (χ0) is 22.1. The standard InChI is InChI=1S/C25H24ClN5O/c1-17-15-30(16-27-17)22-11-5-18(14-23(22)32-2)6-12-24-28-29-25-21(4-3-13-31(24)25)19-7-9-20(26)10-8-19/h5-12,14-16,21H,3-4,13H2,1-2H3/t21-/m0/s1. The Morgan fingerprint density at radius 2 is 1.94 bits per heavy atom. The summed E-state index contributed by atoms with van der Waals surface area (Å²) in [6.45, 7) is 2.89. The fourth-order valence-electron chi connectivity index (χ4n) is 4.27. The molecule has 0 saturated heterocycles. The summed E-state index contributed by atoms with van der Waals surface area (Å²) in [5.74, 6) is 2.91. The van der Waals surface area contributed by atoms with Gasteiger partial charge in [-0.05, 0) is 61.2 Å². The van der Waals surface area contributed by atoms with Gasteiger partial charge in [0.1, 0.15) is 11.6 Å². The van der Waals surface area contributed by atoms with Gasteiger partial charge in [0.15, 0.2) is 5.82 Å². The van der Waals surface area contributed by atoms with Crippen LogP contribution < -0.4 is 4.74 Å². The molecule has 4 aromatic rings. The molecule has 1 atom stereocenters. The zero-order valence-corrected chi connectivity index (χ0v) is 18.8. The van der Waals surface area contributed by atoms with Gasteiger partial charge in [-0.1, -0.05) is 35.9 Å². The van der Waals surface area contributed by atoms with Crippen LogP contribution in [0.4, 0.5) is 0 Å². The van der Waals surface area contributed by atoms with Crippen LogP contribution in [0.5, 0.6) is 5.75 Å². The summed E-state index contributed by atoms with van der Waals surface area (Å²) in [7, 11) is 1.68. The molecule has 0 bridgehead atoms. The Kier molecular flexibility index (Phi) is 5.53. The minimum Gasteiger partial charge on any atom is -0.495 e. The third-order valence-electron chi connectivity index (χ3n) is 5.89. The first-order chi connectivity index (χ1) is 15.6. The van der Waals surface area contributed by atoms with Crippen molar-refractivity contribution < 1.29 is 4.74 Å². The summed E-state index contributed by atoms with van der Waals surface area (Å²) in [6, 6.07) is 14.2. The van der Waals surface area contributed by atoms with E-state index in [1.54, 1.807) is 13.4 Å². The number of fused-ring (bicyclic) bond motifs is 1. The first-order valence-electron chi connectivity index (χ1n) is 10.7. The number of ether oxygens (including phenoxy) is 1. The number of hydrogen-bond donors (Lipinski definition) is 0. The Morgan fingerprint density at radius 3 is 2.69 bits per heavy atom. The predicted molar refractivity (Wildman–Crippen MR) is 126 cm³/mol. The molecule has 0 fully saturated rings. The van der Waals surface area contributed by atoms with Crippen molar-refractivity contribution in [2.24, 2.45) is 0 Å². The van der Waals surface area contributed by atoms with Gasteiger partial charge >= 0.3 is 0 Å². The van der Waals surface area contributed by atoms with E-state index in [9.17, 15) is 0 Å². The molecule has 6 nitrogen and oxygen atoms in total. The van der Waals surface area contributed by atoms with Crippen LogP contribution in [-0.4, -0.2) is 31.4 Å². The van der Waals surface area contributed by atoms with Gasteiger partial charge in [0.25, 0.3) is 0 Å². The number of hydrogen-bond acceptors (Lipinski definition) is 4. The van der Waals surface area contributed by atoms with Crippen molar-refractivity contribution in [1.82, 2.24) is 24.3 Å². The quantitative estimate of drug-likeness (QED) is 0.405. The van der Waals surface area contributed by atoms with Crippen LogP contribution in [0.2, 0.25) is 5.02 Å². The molecule has 7 heteroatoms. The van der Waals surface area contributed by atoms with Gasteiger partial charge in [-0.2, -0.15) is 0 Å². The van der Waals surface area contributed by atoms with Crippen molar-refractivity contribution >= 4 is 23.8 Å². The Hall–Kier alpha value is -3.38. The fourth-order valence-corrected chi connectivity index (χ4v) is 4.39. The lowest BCUT2D eigenvalue weighted by Crippen LogP contribution is -2.17. The molecule has 0 spiro atoms. The fraction of sp³-hybridized carbons (Fsp3) is 0.240. The van der Waals surface area contributed by atoms with Crippen molar-refractivity contribution in [2.75, 3.05) is 7.11 Å². The van der Waals surface area contributed by atoms with Crippen LogP contribution in [0.15, 0.2) is 55.0 Å². The lowest BCUT2D eigenvalue weighted by Gasteiger charge is -2.23. The van der Waals surface area contributed by atoms with E-state index in [0.717, 1.165) is 58.8 Å². The zero-order valence-electron chi connectivity index (χ0n) is 18.1. The van der Waals surface area contributed by atoms with E-state index in [-0.39, 0.29) is 5.92 Å². The van der Waals surface area contributed by atoms with Crippen molar-refractivity contribution in [1.29, 1.82) is 0 Å². The molecule has 2 aromatic carbocycles. The number of halogens is 1. The molecule has 0 unspecified atom stereocenters. The average molecular weight is 446 g/mol. The van der Waals surface area contributed by atoms with E-state index >= 15 is 0 Å². The highest BCUT2D eigenvalue weighted by Gasteiger charge is 2.25. The predicted octanol–water partition coefficient (Wildman–Crippen LogP) is 5.53. The molecule has 0 N–H and O–H groups in total. The lowest BCUT2D eigenvalue weighted by atomic mass is 9.91. The van der Waals surface area contributed by atoms with E-state index in [4.69, 9.17) is 16.3 Å². The molecule has 3 heterocycles. The smallest absolute Gasteiger partial charge is 0.156 e. The molecule has 5 rings (SSSR count). The monoisotopic (exact) mass is 445 g/mol. The van der Waals surface area contributed by atoms with Gasteiger partial charge in [0.05, 0.1) is 24.8 Å². The molecule has 0 saturated carbocycles. The second kappa shape index (κ2) is 8.63. The van der Waals surface area contributed by atoms with Gasteiger partial charge < -0.3 is 13.9 Å². The number of benzene rings is 2. The van der Waals surface area contributed by atoms with Gasteiger partial charge in [0.2, 0.25) is 0 Å². The van der Waals surface area contributed by atoms with E-state index in [0.29, 0.717) is 0 Å². The van der Waals surface area contributed by atoms with Crippen molar-refractivity contribution in [3.8, 4) is 11.4 Å². The molecule has 0 aliphatic carbocycles. The maximum absolute atomic E-state index is 6.07. The van der Waals surface area contributed by atoms with Crippen LogP contribution >= 0.6 is 11.6 Å². The minimum absolute atomic E-state index is 0.244. The molecule has 1 aliphatic rings. The second-order valence-corrected chi connectivity index (χ2v) is 8.44. The maximum atomic E-state index is 6.07. The van der Waals surface area contributed by atoms with E-state index in [1.807, 2.05) is 48.0 Å². The van der Waals surface area contributed by atoms with Crippen LogP contribution in [0.25, 0.3) is 17.8 Å². The number of rotatable bonds is 5. The van der Waals surface area contributed by atoms with Crippen molar-refractivity contribution in [3.05, 3.63) is 88.5 Å². The first-order valence-corrected chi connectivity index (χ1v) is 11.1. The summed E-state index contributed by atoms with van der Waals surface area (Å²) in [5.41, 5.74) is 4.18. The Morgan fingerprint density at radius 1 is 1.09 bits per heavy atom. The van der Waals surface area contributed by atoms with E-state index < -0.39 is 0 Å². The number of aryl methyl sites for hydroxylation is 1. The van der Waals surface area contributed by atoms with E-state index in [1.165, 1.54) is 5.56 Å². The number of nitrogens with zero attached hydrogens (tertiary/aromatic N) is 5. The molecule has 1 aliphatic heterocycles. The highest BCUT2D eigenvalue weighted by Crippen LogP contribution is 2.33. The SMILES string of the molecule is COc1cc(C=Cc2nnc3n2CCC[C@H]3c2ccc(Cl)cc2)ccc1-n1cnc(C)c1. The number of imidazole rings is 1. The average Bonchev–Trinajstić information content (AvgIpc) is 3.44. The summed E-state index contributed by atoms with van der Waals surface area (Å²) in [4.78, 5) is 4.30. The third-order valence-corrected chi connectivity index (χ3v) is 6.14. The normalized spacial score (nSPS) is 15.8. The van der Waals surface area contributed by atoms with Crippen LogP contribution in [0.1, 0.15) is 47.2 Å². The largest absolute Gasteiger partial charge is 0.495 e. The Labute approximate surface area is 192 Å². The third kappa shape index (κ3) is 3.94. The number of aromatic nitrogens is 5. The second-order valence-electron chi connectivity index (χ2n) is 8.00. The molecule has 162 valence electrons. The van der Waals surface area contributed by atoms with Crippen molar-refractivity contribution in [3.63, 3.8) is 0 Å². The maximum Gasteiger partial charge on any atom is 0.156 e. The molecule has 2 aromatic heterocycles. The van der Waals surface area contributed by atoms with Crippen molar-refractivity contribution in [2.45, 2.75) is 32.2 Å². The molecular weight excluding hydrogens is 422 g/mol. The lowest BCUT2D eigenvalue weighted by molar-refractivity contribution is 0.413. The summed E-state index contributed by atoms with van der Waals surface area (Å²) >= 11 is 6.07. The summed E-state index contributed by atoms with van der Waals surface area (Å²) < 4.78 is 9.81. The first kappa shape index (κ1) is 20.5. The highest BCUT2D eigenvalue weighted by atomic mass is 35.5. The van der Waals surface area contributed by atoms with E-state index in [2.05, 4.69) is 44.0 Å². The summed E-state index contributed by atoms with van der Waals surface area (Å²) in [5, 5.41) is 9.76. The topological polar surface area (TPSA) is 57.8 Å². The Balaban J connectivity index is 1.41. The minimum atomic E-state index is 0.244.